The van der Waals surface area contributed by atoms with E-state index in [1.807, 2.05) is 31.2 Å². The van der Waals surface area contributed by atoms with Crippen LogP contribution in [0.3, 0.4) is 0 Å². The van der Waals surface area contributed by atoms with Crippen molar-refractivity contribution in [2.24, 2.45) is 0 Å². The summed E-state index contributed by atoms with van der Waals surface area (Å²) < 4.78 is 7.03. The minimum atomic E-state index is -0.369. The van der Waals surface area contributed by atoms with E-state index in [4.69, 9.17) is 4.74 Å². The third-order valence-electron chi connectivity index (χ3n) is 7.32. The summed E-state index contributed by atoms with van der Waals surface area (Å²) in [4.78, 5) is 21.3. The van der Waals surface area contributed by atoms with Crippen molar-refractivity contribution < 1.29 is 4.74 Å². The number of hydrogen-bond donors (Lipinski definition) is 1. The van der Waals surface area contributed by atoms with Crippen LogP contribution in [0.25, 0.3) is 10.9 Å². The molecule has 1 aliphatic heterocycles. The number of tetrazole rings is 1. The maximum Gasteiger partial charge on any atom is 0.253 e. The molecule has 36 heavy (non-hydrogen) atoms. The van der Waals surface area contributed by atoms with Gasteiger partial charge in [-0.05, 0) is 65.4 Å². The van der Waals surface area contributed by atoms with Crippen molar-refractivity contribution in [1.29, 1.82) is 0 Å². The quantitative estimate of drug-likeness (QED) is 0.428. The van der Waals surface area contributed by atoms with Crippen molar-refractivity contribution in [2.45, 2.75) is 33.4 Å². The van der Waals surface area contributed by atoms with Crippen molar-refractivity contribution in [3.05, 3.63) is 80.9 Å². The molecule has 0 amide bonds. The van der Waals surface area contributed by atoms with Gasteiger partial charge in [-0.2, -0.15) is 0 Å². The number of rotatable bonds is 7. The van der Waals surface area contributed by atoms with E-state index < -0.39 is 0 Å². The van der Waals surface area contributed by atoms with Crippen LogP contribution in [0, 0.1) is 20.8 Å². The Morgan fingerprint density at radius 2 is 1.78 bits per heavy atom. The second-order valence-corrected chi connectivity index (χ2v) is 9.49. The van der Waals surface area contributed by atoms with Gasteiger partial charge in [0.2, 0.25) is 0 Å². The van der Waals surface area contributed by atoms with Crippen LogP contribution in [0.4, 0.5) is 5.69 Å². The average Bonchev–Trinajstić information content (AvgIpc) is 3.34. The molecule has 1 fully saturated rings. The van der Waals surface area contributed by atoms with Gasteiger partial charge in [-0.25, -0.2) is 4.68 Å². The van der Waals surface area contributed by atoms with Gasteiger partial charge >= 0.3 is 0 Å². The second-order valence-electron chi connectivity index (χ2n) is 9.49. The Kier molecular flexibility index (Phi) is 6.84. The number of benzene rings is 2. The van der Waals surface area contributed by atoms with Gasteiger partial charge in [-0.3, -0.25) is 9.69 Å². The maximum atomic E-state index is 13.5. The zero-order valence-electron chi connectivity index (χ0n) is 21.4. The largest absolute Gasteiger partial charge is 0.383 e. The summed E-state index contributed by atoms with van der Waals surface area (Å²) in [5.74, 6) is 0.657. The Hall–Kier alpha value is -3.56. The fourth-order valence-electron chi connectivity index (χ4n) is 5.15. The average molecular weight is 488 g/mol. The van der Waals surface area contributed by atoms with Gasteiger partial charge in [0.05, 0.1) is 18.7 Å². The molecule has 2 aromatic heterocycles. The molecule has 0 bridgehead atoms. The number of pyridine rings is 1. The Bertz CT molecular complexity index is 1420. The van der Waals surface area contributed by atoms with Gasteiger partial charge in [0.1, 0.15) is 6.04 Å². The summed E-state index contributed by atoms with van der Waals surface area (Å²) in [6, 6.07) is 14.1. The summed E-state index contributed by atoms with van der Waals surface area (Å²) >= 11 is 0. The summed E-state index contributed by atoms with van der Waals surface area (Å²) in [6.45, 7) is 10.6. The van der Waals surface area contributed by atoms with E-state index in [1.165, 1.54) is 16.8 Å². The van der Waals surface area contributed by atoms with Crippen LogP contribution in [0.1, 0.15) is 34.1 Å². The molecular weight excluding hydrogens is 454 g/mol. The first-order chi connectivity index (χ1) is 17.5. The molecule has 1 atom stereocenters. The Morgan fingerprint density at radius 1 is 1.03 bits per heavy atom. The van der Waals surface area contributed by atoms with Gasteiger partial charge in [0, 0.05) is 44.5 Å². The lowest BCUT2D eigenvalue weighted by molar-refractivity contribution is 0.171. The molecule has 2 aromatic carbocycles. The lowest BCUT2D eigenvalue weighted by Gasteiger charge is -2.40. The van der Waals surface area contributed by atoms with Gasteiger partial charge in [0.25, 0.3) is 5.56 Å². The van der Waals surface area contributed by atoms with E-state index in [1.54, 1.807) is 11.8 Å². The van der Waals surface area contributed by atoms with Crippen LogP contribution in [-0.4, -0.2) is 70.0 Å². The predicted octanol–water partition coefficient (Wildman–Crippen LogP) is 3.00. The molecular formula is C27H33N7O2. The molecule has 1 N–H and O–H groups in total. The van der Waals surface area contributed by atoms with Gasteiger partial charge in [-0.1, -0.05) is 30.3 Å². The number of aromatic amines is 1. The summed E-state index contributed by atoms with van der Waals surface area (Å²) in [5.41, 5.74) is 6.33. The van der Waals surface area contributed by atoms with E-state index >= 15 is 0 Å². The van der Waals surface area contributed by atoms with Gasteiger partial charge < -0.3 is 14.6 Å². The van der Waals surface area contributed by atoms with E-state index in [-0.39, 0.29) is 11.6 Å². The first-order valence-corrected chi connectivity index (χ1v) is 12.4. The van der Waals surface area contributed by atoms with E-state index in [2.05, 4.69) is 62.4 Å². The van der Waals surface area contributed by atoms with Crippen molar-refractivity contribution in [2.75, 3.05) is 44.8 Å². The molecule has 9 heteroatoms. The van der Waals surface area contributed by atoms with E-state index in [9.17, 15) is 4.79 Å². The van der Waals surface area contributed by atoms with Crippen molar-refractivity contribution >= 4 is 16.6 Å². The Morgan fingerprint density at radius 3 is 2.56 bits per heavy atom. The maximum absolute atomic E-state index is 13.5. The zero-order valence-corrected chi connectivity index (χ0v) is 21.4. The lowest BCUT2D eigenvalue weighted by atomic mass is 10.0. The molecule has 3 heterocycles. The fraction of sp³-hybridized carbons (Fsp3) is 0.407. The molecule has 188 valence electrons. The Labute approximate surface area is 210 Å². The molecule has 4 aromatic rings. The SMILES string of the molecule is COCCn1nnnc1[C@H](c1cc2cccc(C)c2[nH]c1=O)N1CCN(c2cccc(C)c2C)CC1. The summed E-state index contributed by atoms with van der Waals surface area (Å²) in [7, 11) is 1.66. The highest BCUT2D eigenvalue weighted by Gasteiger charge is 2.33. The van der Waals surface area contributed by atoms with Crippen molar-refractivity contribution in [3.63, 3.8) is 0 Å². The van der Waals surface area contributed by atoms with Crippen molar-refractivity contribution in [3.8, 4) is 0 Å². The predicted molar refractivity (Wildman–Crippen MR) is 141 cm³/mol. The number of aryl methyl sites for hydroxylation is 2. The van der Waals surface area contributed by atoms with Crippen LogP contribution in [0.5, 0.6) is 0 Å². The van der Waals surface area contributed by atoms with Crippen LogP contribution < -0.4 is 10.5 Å². The number of anilines is 1. The van der Waals surface area contributed by atoms with Crippen LogP contribution >= 0.6 is 0 Å². The topological polar surface area (TPSA) is 92.2 Å². The van der Waals surface area contributed by atoms with Gasteiger partial charge in [0.15, 0.2) is 5.82 Å². The minimum absolute atomic E-state index is 0.111. The highest BCUT2D eigenvalue weighted by atomic mass is 16.5. The standard InChI is InChI=1S/C27H33N7O2/c1-18-7-6-10-23(20(18)3)32-11-13-33(14-12-32)25(26-29-30-31-34(26)15-16-36-4)22-17-21-9-5-8-19(2)24(21)28-27(22)35/h5-10,17,25H,11-16H2,1-4H3,(H,28,35)/t25-/m0/s1. The third-order valence-corrected chi connectivity index (χ3v) is 7.32. The number of nitrogens with zero attached hydrogens (tertiary/aromatic N) is 6. The summed E-state index contributed by atoms with van der Waals surface area (Å²) in [5, 5.41) is 13.6. The second kappa shape index (κ2) is 10.2. The number of para-hydroxylation sites is 1. The monoisotopic (exact) mass is 487 g/mol. The molecule has 5 rings (SSSR count). The molecule has 1 saturated heterocycles. The lowest BCUT2D eigenvalue weighted by Crippen LogP contribution is -2.49. The Balaban J connectivity index is 1.52. The molecule has 0 unspecified atom stereocenters. The number of piperazine rings is 1. The molecule has 0 aliphatic carbocycles. The molecule has 1 aliphatic rings. The number of hydrogen-bond acceptors (Lipinski definition) is 7. The number of nitrogens with one attached hydrogen (secondary N) is 1. The number of ether oxygens (including phenoxy) is 1. The highest BCUT2D eigenvalue weighted by Crippen LogP contribution is 2.30. The van der Waals surface area contributed by atoms with E-state index in [0.717, 1.165) is 42.6 Å². The molecule has 0 radical (unpaired) electrons. The third kappa shape index (κ3) is 4.52. The minimum Gasteiger partial charge on any atom is -0.383 e. The zero-order chi connectivity index (χ0) is 25.2. The fourth-order valence-corrected chi connectivity index (χ4v) is 5.15. The first kappa shape index (κ1) is 24.1. The normalized spacial score (nSPS) is 15.5. The number of aromatic nitrogens is 5. The van der Waals surface area contributed by atoms with Crippen LogP contribution in [-0.2, 0) is 11.3 Å². The summed E-state index contributed by atoms with van der Waals surface area (Å²) in [6.07, 6.45) is 0. The van der Waals surface area contributed by atoms with Crippen molar-refractivity contribution in [1.82, 2.24) is 30.1 Å². The molecule has 0 spiro atoms. The first-order valence-electron chi connectivity index (χ1n) is 12.4. The number of fused-ring (bicyclic) bond motifs is 1. The smallest absolute Gasteiger partial charge is 0.253 e. The van der Waals surface area contributed by atoms with Gasteiger partial charge in [-0.15, -0.1) is 5.10 Å². The molecule has 0 saturated carbocycles. The highest BCUT2D eigenvalue weighted by molar-refractivity contribution is 5.82. The molecule has 9 nitrogen and oxygen atoms in total. The number of H-pyrrole nitrogens is 1. The number of methoxy groups -OCH3 is 1. The van der Waals surface area contributed by atoms with E-state index in [0.29, 0.717) is 24.5 Å². The van der Waals surface area contributed by atoms with Crippen LogP contribution in [0.15, 0.2) is 47.3 Å². The van der Waals surface area contributed by atoms with Crippen LogP contribution in [0.2, 0.25) is 0 Å².